The summed E-state index contributed by atoms with van der Waals surface area (Å²) in [4.78, 5) is 8.09. The molecule has 2 aromatic rings. The van der Waals surface area contributed by atoms with Crippen LogP contribution < -0.4 is 5.32 Å². The first-order chi connectivity index (χ1) is 9.90. The molecule has 0 bridgehead atoms. The highest BCUT2D eigenvalue weighted by Gasteiger charge is 2.24. The van der Waals surface area contributed by atoms with Crippen LogP contribution in [-0.2, 0) is 0 Å². The number of nitrogens with zero attached hydrogens (tertiary/aromatic N) is 1. The summed E-state index contributed by atoms with van der Waals surface area (Å²) in [5.74, 6) is 1.03. The van der Waals surface area contributed by atoms with E-state index in [1.165, 1.54) is 12.0 Å². The zero-order valence-electron chi connectivity index (χ0n) is 13.8. The van der Waals surface area contributed by atoms with Crippen LogP contribution in [0.15, 0.2) is 23.4 Å². The van der Waals surface area contributed by atoms with E-state index in [4.69, 9.17) is 0 Å². The molecule has 1 heterocycles. The molecule has 0 fully saturated rings. The molecule has 0 radical (unpaired) electrons. The molecule has 1 aromatic carbocycles. The number of benzene rings is 1. The fourth-order valence-electron chi connectivity index (χ4n) is 2.26. The van der Waals surface area contributed by atoms with Gasteiger partial charge in [0.2, 0.25) is 0 Å². The number of fused-ring (bicyclic) bond motifs is 1. The monoisotopic (exact) mass is 305 g/mol. The van der Waals surface area contributed by atoms with Crippen molar-refractivity contribution in [3.8, 4) is 0 Å². The van der Waals surface area contributed by atoms with E-state index in [1.54, 1.807) is 0 Å². The van der Waals surface area contributed by atoms with Gasteiger partial charge in [-0.15, -0.1) is 0 Å². The van der Waals surface area contributed by atoms with Gasteiger partial charge in [-0.25, -0.2) is 4.98 Å². The fraction of sp³-hybridized carbons (Fsp3) is 0.588. The lowest BCUT2D eigenvalue weighted by molar-refractivity contribution is 0.291. The molecule has 0 saturated heterocycles. The Morgan fingerprint density at radius 1 is 1.33 bits per heavy atom. The van der Waals surface area contributed by atoms with Crippen molar-refractivity contribution < 1.29 is 0 Å². The fourth-order valence-corrected chi connectivity index (χ4v) is 3.55. The van der Waals surface area contributed by atoms with Crippen molar-refractivity contribution >= 4 is 22.8 Å². The average Bonchev–Trinajstić information content (AvgIpc) is 2.79. The van der Waals surface area contributed by atoms with E-state index >= 15 is 0 Å². The molecule has 0 amide bonds. The van der Waals surface area contributed by atoms with Crippen LogP contribution in [0.25, 0.3) is 11.0 Å². The number of nitrogens with one attached hydrogen (secondary N) is 2. The molecule has 0 aliphatic heterocycles. The summed E-state index contributed by atoms with van der Waals surface area (Å²) in [6.45, 7) is 12.3. The minimum atomic E-state index is 0.255. The largest absolute Gasteiger partial charge is 0.333 e. The molecule has 4 heteroatoms. The second-order valence-electron chi connectivity index (χ2n) is 6.75. The van der Waals surface area contributed by atoms with Crippen molar-refractivity contribution in [2.45, 2.75) is 52.2 Å². The molecule has 2 rings (SSSR count). The molecule has 0 aliphatic rings. The summed E-state index contributed by atoms with van der Waals surface area (Å²) in [5, 5.41) is 4.68. The normalized spacial score (nSPS) is 13.8. The van der Waals surface area contributed by atoms with Crippen LogP contribution in [0.2, 0.25) is 0 Å². The van der Waals surface area contributed by atoms with Crippen LogP contribution in [0.3, 0.4) is 0 Å². The van der Waals surface area contributed by atoms with E-state index in [0.29, 0.717) is 6.04 Å². The van der Waals surface area contributed by atoms with Crippen molar-refractivity contribution in [2.24, 2.45) is 5.41 Å². The summed E-state index contributed by atoms with van der Waals surface area (Å²) in [7, 11) is 0. The number of thioether (sulfide) groups is 1. The highest BCUT2D eigenvalue weighted by atomic mass is 32.2. The number of aryl methyl sites for hydroxylation is 1. The Bertz CT molecular complexity index is 583. The van der Waals surface area contributed by atoms with Crippen LogP contribution in [0.1, 0.15) is 39.7 Å². The van der Waals surface area contributed by atoms with Gasteiger partial charge in [-0.2, -0.15) is 0 Å². The van der Waals surface area contributed by atoms with Gasteiger partial charge in [0.15, 0.2) is 5.16 Å². The molecule has 3 nitrogen and oxygen atoms in total. The number of aromatic nitrogens is 2. The van der Waals surface area contributed by atoms with E-state index in [9.17, 15) is 0 Å². The Kier molecular flexibility index (Phi) is 5.33. The minimum absolute atomic E-state index is 0.255. The molecule has 0 aliphatic carbocycles. The van der Waals surface area contributed by atoms with Crippen LogP contribution in [-0.4, -0.2) is 28.3 Å². The third-order valence-corrected chi connectivity index (χ3v) is 4.66. The van der Waals surface area contributed by atoms with Gasteiger partial charge in [0.25, 0.3) is 0 Å². The van der Waals surface area contributed by atoms with Gasteiger partial charge in [-0.05, 0) is 43.0 Å². The van der Waals surface area contributed by atoms with Crippen molar-refractivity contribution in [1.29, 1.82) is 0 Å². The van der Waals surface area contributed by atoms with Gasteiger partial charge >= 0.3 is 0 Å². The third-order valence-electron chi connectivity index (χ3n) is 3.69. The van der Waals surface area contributed by atoms with Gasteiger partial charge in [-0.1, -0.05) is 45.5 Å². The lowest BCUT2D eigenvalue weighted by atomic mass is 9.88. The van der Waals surface area contributed by atoms with Gasteiger partial charge in [0.05, 0.1) is 11.0 Å². The van der Waals surface area contributed by atoms with Crippen molar-refractivity contribution in [1.82, 2.24) is 15.3 Å². The minimum Gasteiger partial charge on any atom is -0.333 e. The predicted octanol–water partition coefficient (Wildman–Crippen LogP) is 4.38. The summed E-state index contributed by atoms with van der Waals surface area (Å²) >= 11 is 1.81. The lowest BCUT2D eigenvalue weighted by Gasteiger charge is -2.31. The molecule has 0 spiro atoms. The van der Waals surface area contributed by atoms with E-state index in [1.807, 2.05) is 11.8 Å². The predicted molar refractivity (Wildman–Crippen MR) is 93.1 cm³/mol. The molecule has 1 aromatic heterocycles. The zero-order valence-corrected chi connectivity index (χ0v) is 14.6. The first-order valence-electron chi connectivity index (χ1n) is 7.72. The summed E-state index contributed by atoms with van der Waals surface area (Å²) in [6.07, 6.45) is 1.17. The van der Waals surface area contributed by atoms with E-state index in [2.05, 4.69) is 68.1 Å². The van der Waals surface area contributed by atoms with Gasteiger partial charge in [-0.3, -0.25) is 0 Å². The molecular formula is C17H27N3S. The average molecular weight is 305 g/mol. The third kappa shape index (κ3) is 4.48. The highest BCUT2D eigenvalue weighted by molar-refractivity contribution is 7.99. The first kappa shape index (κ1) is 16.4. The number of aromatic amines is 1. The van der Waals surface area contributed by atoms with E-state index < -0.39 is 0 Å². The molecular weight excluding hydrogens is 278 g/mol. The number of rotatable bonds is 6. The second kappa shape index (κ2) is 6.84. The van der Waals surface area contributed by atoms with Crippen molar-refractivity contribution in [3.63, 3.8) is 0 Å². The van der Waals surface area contributed by atoms with Crippen LogP contribution in [0.4, 0.5) is 0 Å². The molecule has 0 saturated carbocycles. The van der Waals surface area contributed by atoms with Gasteiger partial charge in [0, 0.05) is 11.8 Å². The SMILES string of the molecule is CCCNC(CSc1nc2ccc(C)cc2[nH]1)C(C)(C)C. The van der Waals surface area contributed by atoms with Crippen molar-refractivity contribution in [3.05, 3.63) is 23.8 Å². The van der Waals surface area contributed by atoms with Crippen molar-refractivity contribution in [2.75, 3.05) is 12.3 Å². The molecule has 21 heavy (non-hydrogen) atoms. The molecule has 1 atom stereocenters. The lowest BCUT2D eigenvalue weighted by Crippen LogP contribution is -2.42. The quantitative estimate of drug-likeness (QED) is 0.778. The Hall–Kier alpha value is -1.00. The summed E-state index contributed by atoms with van der Waals surface area (Å²) in [6, 6.07) is 6.83. The Labute approximate surface area is 132 Å². The maximum absolute atomic E-state index is 4.67. The Balaban J connectivity index is 2.04. The number of hydrogen-bond acceptors (Lipinski definition) is 3. The zero-order chi connectivity index (χ0) is 15.5. The number of imidazole rings is 1. The topological polar surface area (TPSA) is 40.7 Å². The van der Waals surface area contributed by atoms with Crippen LogP contribution >= 0.6 is 11.8 Å². The summed E-state index contributed by atoms with van der Waals surface area (Å²) in [5.41, 5.74) is 3.70. The van der Waals surface area contributed by atoms with E-state index in [-0.39, 0.29) is 5.41 Å². The maximum Gasteiger partial charge on any atom is 0.166 e. The first-order valence-corrected chi connectivity index (χ1v) is 8.71. The van der Waals surface area contributed by atoms with E-state index in [0.717, 1.165) is 28.5 Å². The Morgan fingerprint density at radius 3 is 2.76 bits per heavy atom. The molecule has 116 valence electrons. The van der Waals surface area contributed by atoms with Crippen LogP contribution in [0, 0.1) is 12.3 Å². The standard InChI is InChI=1S/C17H27N3S/c1-6-9-18-15(17(3,4)5)11-21-16-19-13-8-7-12(2)10-14(13)20-16/h7-8,10,15,18H,6,9,11H2,1-5H3,(H,19,20). The van der Waals surface area contributed by atoms with Gasteiger partial charge in [0.1, 0.15) is 0 Å². The molecule has 2 N–H and O–H groups in total. The second-order valence-corrected chi connectivity index (χ2v) is 7.76. The number of H-pyrrole nitrogens is 1. The number of hydrogen-bond donors (Lipinski definition) is 2. The maximum atomic E-state index is 4.67. The smallest absolute Gasteiger partial charge is 0.166 e. The van der Waals surface area contributed by atoms with Crippen LogP contribution in [0.5, 0.6) is 0 Å². The highest BCUT2D eigenvalue weighted by Crippen LogP contribution is 2.26. The molecule has 1 unspecified atom stereocenters. The summed E-state index contributed by atoms with van der Waals surface area (Å²) < 4.78 is 0. The van der Waals surface area contributed by atoms with Gasteiger partial charge < -0.3 is 10.3 Å². The Morgan fingerprint density at radius 2 is 2.10 bits per heavy atom.